The summed E-state index contributed by atoms with van der Waals surface area (Å²) in [6, 6.07) is 9.05. The van der Waals surface area contributed by atoms with E-state index in [2.05, 4.69) is 46.4 Å². The molecule has 2 bridgehead atoms. The van der Waals surface area contributed by atoms with Gasteiger partial charge >= 0.3 is 0 Å². The molecule has 42 heavy (non-hydrogen) atoms. The predicted octanol–water partition coefficient (Wildman–Crippen LogP) is 8.95. The Balaban J connectivity index is 2.09. The molecule has 1 aliphatic heterocycles. The quantitative estimate of drug-likeness (QED) is 0.169. The molecule has 1 aromatic rings. The zero-order valence-corrected chi connectivity index (χ0v) is 27.0. The van der Waals surface area contributed by atoms with E-state index in [1.807, 2.05) is 65.0 Å². The lowest BCUT2D eigenvalue weighted by Crippen LogP contribution is -2.69. The van der Waals surface area contributed by atoms with Crippen molar-refractivity contribution in [2.24, 2.45) is 28.1 Å². The molecule has 4 atom stereocenters. The third-order valence-electron chi connectivity index (χ3n) is 9.93. The number of ether oxygens (including phenoxy) is 1. The van der Waals surface area contributed by atoms with E-state index in [1.54, 1.807) is 12.1 Å². The molecule has 0 N–H and O–H groups in total. The maximum Gasteiger partial charge on any atom is 0.184 e. The van der Waals surface area contributed by atoms with Crippen LogP contribution in [0.3, 0.4) is 0 Å². The number of Topliss-reactive ketones (excluding diaryl/α,β-unsaturated/α-hetero) is 3. The molecule has 3 aliphatic rings. The Labute approximate surface area is 252 Å². The van der Waals surface area contributed by atoms with Crippen molar-refractivity contribution >= 4 is 17.3 Å². The summed E-state index contributed by atoms with van der Waals surface area (Å²) in [5.74, 6) is -0.783. The largest absolute Gasteiger partial charge is 0.486 e. The Hall–Kier alpha value is -3.27. The Kier molecular flexibility index (Phi) is 8.36. The molecule has 1 heterocycles. The van der Waals surface area contributed by atoms with Crippen LogP contribution in [0, 0.1) is 28.1 Å². The highest BCUT2D eigenvalue weighted by atomic mass is 16.5. The highest BCUT2D eigenvalue weighted by Gasteiger charge is 2.75. The molecule has 0 aromatic heterocycles. The van der Waals surface area contributed by atoms with Gasteiger partial charge in [-0.05, 0) is 104 Å². The van der Waals surface area contributed by atoms with Crippen LogP contribution in [-0.2, 0) is 14.3 Å². The predicted molar refractivity (Wildman–Crippen MR) is 170 cm³/mol. The molecule has 0 radical (unpaired) electrons. The normalized spacial score (nSPS) is 27.9. The van der Waals surface area contributed by atoms with E-state index in [1.165, 1.54) is 5.57 Å². The number of hydrogen-bond acceptors (Lipinski definition) is 4. The minimum absolute atomic E-state index is 0.0882. The maximum absolute atomic E-state index is 15.5. The van der Waals surface area contributed by atoms with Crippen LogP contribution in [0.2, 0.25) is 0 Å². The molecule has 4 rings (SSSR count). The number of carbonyl (C=O) groups excluding carboxylic acids is 3. The first-order valence-corrected chi connectivity index (χ1v) is 15.3. The summed E-state index contributed by atoms with van der Waals surface area (Å²) in [5.41, 5.74) is -0.549. The monoisotopic (exact) mass is 568 g/mol. The first-order chi connectivity index (χ1) is 19.5. The second kappa shape index (κ2) is 11.1. The standard InChI is InChI=1S/C38H48O4/c1-24(2)16-18-28(26(5)6)22-37-23-29(19-17-25(3)4)36(9,10)38(34(37)41,31(39)27-14-12-11-13-15-27)33-30(32(37)40)20-21-35(7,8)42-33/h11-17,20-21,28-29H,5,18-19,22-23H2,1-4,6-10H3/t28-,29-,37+,38-/m1/s1. The number of allylic oxidation sites excluding steroid dienone is 8. The van der Waals surface area contributed by atoms with E-state index in [9.17, 15) is 4.79 Å². The molecule has 0 unspecified atom stereocenters. The minimum atomic E-state index is -1.66. The number of rotatable bonds is 9. The molecule has 0 spiro atoms. The van der Waals surface area contributed by atoms with E-state index >= 15 is 9.59 Å². The number of benzene rings is 1. The van der Waals surface area contributed by atoms with Gasteiger partial charge in [-0.1, -0.05) is 79.6 Å². The summed E-state index contributed by atoms with van der Waals surface area (Å²) in [7, 11) is 0. The number of fused-ring (bicyclic) bond motifs is 3. The van der Waals surface area contributed by atoms with Gasteiger partial charge in [-0.15, -0.1) is 0 Å². The first kappa shape index (κ1) is 31.7. The highest BCUT2D eigenvalue weighted by Crippen LogP contribution is 2.68. The molecular formula is C38H48O4. The van der Waals surface area contributed by atoms with Crippen LogP contribution in [0.25, 0.3) is 0 Å². The van der Waals surface area contributed by atoms with Crippen molar-refractivity contribution in [2.75, 3.05) is 0 Å². The van der Waals surface area contributed by atoms with E-state index < -0.39 is 21.8 Å². The average Bonchev–Trinajstić information content (AvgIpc) is 2.90. The van der Waals surface area contributed by atoms with Crippen molar-refractivity contribution in [1.29, 1.82) is 0 Å². The van der Waals surface area contributed by atoms with Gasteiger partial charge < -0.3 is 4.74 Å². The van der Waals surface area contributed by atoms with Gasteiger partial charge in [0.15, 0.2) is 22.8 Å². The Bertz CT molecular complexity index is 1420. The molecule has 224 valence electrons. The Morgan fingerprint density at radius 1 is 1.00 bits per heavy atom. The van der Waals surface area contributed by atoms with Gasteiger partial charge in [-0.3, -0.25) is 14.4 Å². The molecule has 0 amide bonds. The molecule has 4 heteroatoms. The molecule has 1 fully saturated rings. The van der Waals surface area contributed by atoms with Crippen molar-refractivity contribution in [3.8, 4) is 0 Å². The molecule has 0 saturated heterocycles. The summed E-state index contributed by atoms with van der Waals surface area (Å²) >= 11 is 0. The van der Waals surface area contributed by atoms with Crippen LogP contribution in [0.15, 0.2) is 89.3 Å². The van der Waals surface area contributed by atoms with Gasteiger partial charge in [0.05, 0.1) is 11.0 Å². The van der Waals surface area contributed by atoms with Crippen molar-refractivity contribution in [2.45, 2.75) is 93.6 Å². The van der Waals surface area contributed by atoms with Crippen LogP contribution in [-0.4, -0.2) is 23.0 Å². The zero-order chi connectivity index (χ0) is 31.3. The summed E-state index contributed by atoms with van der Waals surface area (Å²) in [4.78, 5) is 45.4. The van der Waals surface area contributed by atoms with Crippen LogP contribution >= 0.6 is 0 Å². The topological polar surface area (TPSA) is 60.4 Å². The van der Waals surface area contributed by atoms with E-state index in [4.69, 9.17) is 4.74 Å². The van der Waals surface area contributed by atoms with Crippen molar-refractivity contribution in [3.63, 3.8) is 0 Å². The summed E-state index contributed by atoms with van der Waals surface area (Å²) in [6.45, 7) is 22.3. The van der Waals surface area contributed by atoms with Gasteiger partial charge in [0.25, 0.3) is 0 Å². The van der Waals surface area contributed by atoms with Crippen molar-refractivity contribution in [3.05, 3.63) is 94.8 Å². The van der Waals surface area contributed by atoms with Crippen LogP contribution in [0.1, 0.15) is 98.4 Å². The lowest BCUT2D eigenvalue weighted by molar-refractivity contribution is -0.168. The van der Waals surface area contributed by atoms with Crippen LogP contribution < -0.4 is 0 Å². The third kappa shape index (κ3) is 5.01. The number of hydrogen-bond donors (Lipinski definition) is 0. The summed E-state index contributed by atoms with van der Waals surface area (Å²) in [5, 5.41) is 0. The fourth-order valence-corrected chi connectivity index (χ4v) is 7.33. The zero-order valence-electron chi connectivity index (χ0n) is 27.0. The lowest BCUT2D eigenvalue weighted by Gasteiger charge is -2.61. The van der Waals surface area contributed by atoms with Gasteiger partial charge in [0.1, 0.15) is 11.4 Å². The second-order valence-corrected chi connectivity index (χ2v) is 14.4. The highest BCUT2D eigenvalue weighted by molar-refractivity contribution is 6.30. The molecule has 4 nitrogen and oxygen atoms in total. The Morgan fingerprint density at radius 3 is 2.19 bits per heavy atom. The summed E-state index contributed by atoms with van der Waals surface area (Å²) in [6.07, 6.45) is 10.1. The number of carbonyl (C=O) groups is 3. The molecule has 1 aromatic carbocycles. The maximum atomic E-state index is 15.5. The fourth-order valence-electron chi connectivity index (χ4n) is 7.33. The Morgan fingerprint density at radius 2 is 1.62 bits per heavy atom. The third-order valence-corrected chi connectivity index (χ3v) is 9.93. The number of ketones is 3. The van der Waals surface area contributed by atoms with Gasteiger partial charge in [-0.2, -0.15) is 0 Å². The lowest BCUT2D eigenvalue weighted by atomic mass is 9.39. The van der Waals surface area contributed by atoms with E-state index in [-0.39, 0.29) is 34.9 Å². The van der Waals surface area contributed by atoms with Crippen molar-refractivity contribution < 1.29 is 19.1 Å². The van der Waals surface area contributed by atoms with Gasteiger partial charge in [-0.25, -0.2) is 0 Å². The smallest absolute Gasteiger partial charge is 0.184 e. The first-order valence-electron chi connectivity index (χ1n) is 15.3. The average molecular weight is 569 g/mol. The summed E-state index contributed by atoms with van der Waals surface area (Å²) < 4.78 is 6.62. The second-order valence-electron chi connectivity index (χ2n) is 14.4. The van der Waals surface area contributed by atoms with Gasteiger partial charge in [0, 0.05) is 5.56 Å². The molecular weight excluding hydrogens is 520 g/mol. The molecule has 2 aliphatic carbocycles. The molecule has 1 saturated carbocycles. The van der Waals surface area contributed by atoms with Crippen LogP contribution in [0.5, 0.6) is 0 Å². The van der Waals surface area contributed by atoms with E-state index in [0.29, 0.717) is 36.8 Å². The van der Waals surface area contributed by atoms with Gasteiger partial charge in [0.2, 0.25) is 0 Å². The van der Waals surface area contributed by atoms with E-state index in [0.717, 1.165) is 11.1 Å². The minimum Gasteiger partial charge on any atom is -0.486 e. The van der Waals surface area contributed by atoms with Crippen LogP contribution in [0.4, 0.5) is 0 Å². The SMILES string of the molecule is C=C(C)[C@H](CC=C(C)C)C[C@@]12C[C@@H](CC=C(C)C)C(C)(C)[C@@](C(=O)c3ccccc3)(C1=O)C1=C(C=CC(C)(C)O1)C2=O. The fraction of sp³-hybridized carbons (Fsp3) is 0.500. The van der Waals surface area contributed by atoms with Crippen molar-refractivity contribution in [1.82, 2.24) is 0 Å².